The number of amides is 1. The Hall–Kier alpha value is -4.00. The van der Waals surface area contributed by atoms with Crippen LogP contribution in [-0.2, 0) is 19.3 Å². The minimum absolute atomic E-state index is 0.0844. The maximum Gasteiger partial charge on any atom is 0.254 e. The molecule has 2 aromatic carbocycles. The quantitative estimate of drug-likeness (QED) is 0.472. The number of rotatable bonds is 6. The zero-order chi connectivity index (χ0) is 22.9. The van der Waals surface area contributed by atoms with Crippen molar-refractivity contribution in [2.75, 3.05) is 5.32 Å². The maximum atomic E-state index is 12.9. The Labute approximate surface area is 191 Å². The Bertz CT molecular complexity index is 1420. The van der Waals surface area contributed by atoms with Gasteiger partial charge in [0.1, 0.15) is 5.56 Å². The van der Waals surface area contributed by atoms with Gasteiger partial charge in [-0.15, -0.1) is 0 Å². The minimum Gasteiger partial charge on any atom is -0.365 e. The number of nitrogens with one attached hydrogen (secondary N) is 1. The first-order chi connectivity index (χ1) is 16.0. The Balaban J connectivity index is 1.62. The van der Waals surface area contributed by atoms with Crippen LogP contribution in [0.15, 0.2) is 59.7 Å². The smallest absolute Gasteiger partial charge is 0.254 e. The van der Waals surface area contributed by atoms with Crippen LogP contribution in [0.5, 0.6) is 0 Å². The molecule has 0 bridgehead atoms. The molecule has 0 saturated heterocycles. The summed E-state index contributed by atoms with van der Waals surface area (Å²) >= 11 is 0. The second kappa shape index (κ2) is 8.50. The number of hydrogen-bond donors (Lipinski definition) is 2. The van der Waals surface area contributed by atoms with Crippen LogP contribution in [0.3, 0.4) is 0 Å². The van der Waals surface area contributed by atoms with Crippen LogP contribution in [0.2, 0.25) is 0 Å². The molecule has 1 aliphatic carbocycles. The molecule has 0 spiro atoms. The normalized spacial score (nSPS) is 12.6. The van der Waals surface area contributed by atoms with Crippen molar-refractivity contribution in [2.24, 2.45) is 5.73 Å². The zero-order valence-corrected chi connectivity index (χ0v) is 18.5. The molecule has 166 valence electrons. The van der Waals surface area contributed by atoms with Gasteiger partial charge in [-0.25, -0.2) is 4.98 Å². The molecule has 7 heteroatoms. The number of nitrogens with zero attached hydrogens (tertiary/aromatic N) is 3. The Morgan fingerprint density at radius 1 is 1.12 bits per heavy atom. The largest absolute Gasteiger partial charge is 0.365 e. The molecule has 3 N–H and O–H groups in total. The van der Waals surface area contributed by atoms with Crippen LogP contribution >= 0.6 is 0 Å². The van der Waals surface area contributed by atoms with Crippen LogP contribution in [0.4, 0.5) is 11.6 Å². The van der Waals surface area contributed by atoms with Crippen molar-refractivity contribution in [3.8, 4) is 5.69 Å². The molecule has 0 unspecified atom stereocenters. The highest BCUT2D eigenvalue weighted by atomic mass is 16.2. The molecule has 1 aliphatic rings. The third-order valence-corrected chi connectivity index (χ3v) is 6.12. The number of pyridine rings is 1. The average molecular weight is 440 g/mol. The minimum atomic E-state index is -0.772. The van der Waals surface area contributed by atoms with Gasteiger partial charge in [-0.2, -0.15) is 4.98 Å². The molecule has 2 aromatic heterocycles. The van der Waals surface area contributed by atoms with Crippen molar-refractivity contribution in [3.63, 3.8) is 0 Å². The number of carbonyl (C=O) groups excluding carboxylic acids is 1. The van der Waals surface area contributed by atoms with Crippen molar-refractivity contribution < 1.29 is 4.79 Å². The van der Waals surface area contributed by atoms with E-state index in [-0.39, 0.29) is 10.9 Å². The SMILES string of the molecule is CCCc1ccc(Nc2ncc3c(=O)c(C(N)=O)cn(-c4ccc5c(c4)CCC5)c3n2)cc1. The molecule has 0 atom stereocenters. The summed E-state index contributed by atoms with van der Waals surface area (Å²) in [5.74, 6) is -0.405. The number of nitrogens with two attached hydrogens (primary N) is 1. The summed E-state index contributed by atoms with van der Waals surface area (Å²) < 4.78 is 1.76. The summed E-state index contributed by atoms with van der Waals surface area (Å²) in [6, 6.07) is 14.3. The highest BCUT2D eigenvalue weighted by Gasteiger charge is 2.18. The van der Waals surface area contributed by atoms with Gasteiger partial charge in [0.05, 0.1) is 5.39 Å². The van der Waals surface area contributed by atoms with Crippen molar-refractivity contribution in [2.45, 2.75) is 39.0 Å². The lowest BCUT2D eigenvalue weighted by atomic mass is 10.1. The van der Waals surface area contributed by atoms with Crippen LogP contribution < -0.4 is 16.5 Å². The molecule has 0 radical (unpaired) electrons. The highest BCUT2D eigenvalue weighted by Crippen LogP contribution is 2.26. The molecular formula is C26H25N5O2. The van der Waals surface area contributed by atoms with Gasteiger partial charge in [0.15, 0.2) is 5.65 Å². The number of primary amides is 1. The molecule has 4 aromatic rings. The maximum absolute atomic E-state index is 12.9. The van der Waals surface area contributed by atoms with Gasteiger partial charge in [-0.1, -0.05) is 31.5 Å². The predicted molar refractivity (Wildman–Crippen MR) is 129 cm³/mol. The fourth-order valence-electron chi connectivity index (χ4n) is 4.42. The van der Waals surface area contributed by atoms with Crippen LogP contribution in [-0.4, -0.2) is 20.4 Å². The molecule has 5 rings (SSSR count). The molecule has 33 heavy (non-hydrogen) atoms. The topological polar surface area (TPSA) is 103 Å². The zero-order valence-electron chi connectivity index (χ0n) is 18.5. The highest BCUT2D eigenvalue weighted by molar-refractivity contribution is 5.96. The third kappa shape index (κ3) is 3.98. The van der Waals surface area contributed by atoms with E-state index >= 15 is 0 Å². The van der Waals surface area contributed by atoms with Crippen molar-refractivity contribution >= 4 is 28.6 Å². The average Bonchev–Trinajstić information content (AvgIpc) is 3.28. The number of fused-ring (bicyclic) bond motifs is 2. The molecular weight excluding hydrogens is 414 g/mol. The summed E-state index contributed by atoms with van der Waals surface area (Å²) in [6.45, 7) is 2.15. The van der Waals surface area contributed by atoms with Gasteiger partial charge >= 0.3 is 0 Å². The fourth-order valence-corrected chi connectivity index (χ4v) is 4.42. The van der Waals surface area contributed by atoms with Crippen LogP contribution in [0.1, 0.15) is 46.8 Å². The Morgan fingerprint density at radius 3 is 2.67 bits per heavy atom. The van der Waals surface area contributed by atoms with E-state index in [9.17, 15) is 9.59 Å². The van der Waals surface area contributed by atoms with Gasteiger partial charge in [-0.3, -0.25) is 9.59 Å². The van der Waals surface area contributed by atoms with Gasteiger partial charge < -0.3 is 15.6 Å². The van der Waals surface area contributed by atoms with E-state index in [0.717, 1.165) is 43.5 Å². The Kier molecular flexibility index (Phi) is 5.38. The molecule has 1 amide bonds. The van der Waals surface area contributed by atoms with Gasteiger partial charge in [0, 0.05) is 23.8 Å². The summed E-state index contributed by atoms with van der Waals surface area (Å²) in [5.41, 5.74) is 10.9. The Morgan fingerprint density at radius 2 is 1.91 bits per heavy atom. The van der Waals surface area contributed by atoms with Crippen LogP contribution in [0.25, 0.3) is 16.7 Å². The van der Waals surface area contributed by atoms with E-state index < -0.39 is 11.3 Å². The molecule has 0 fully saturated rings. The van der Waals surface area contributed by atoms with Crippen LogP contribution in [0, 0.1) is 0 Å². The molecule has 2 heterocycles. The molecule has 0 aliphatic heterocycles. The van der Waals surface area contributed by atoms with Crippen molar-refractivity contribution in [1.29, 1.82) is 0 Å². The monoisotopic (exact) mass is 439 g/mol. The summed E-state index contributed by atoms with van der Waals surface area (Å²) in [4.78, 5) is 33.8. The number of carbonyl (C=O) groups is 1. The predicted octanol–water partition coefficient (Wildman–Crippen LogP) is 4.06. The third-order valence-electron chi connectivity index (χ3n) is 6.12. The first kappa shape index (κ1) is 20.9. The summed E-state index contributed by atoms with van der Waals surface area (Å²) in [6.07, 6.45) is 8.27. The first-order valence-corrected chi connectivity index (χ1v) is 11.2. The van der Waals surface area contributed by atoms with Gasteiger partial charge in [0.25, 0.3) is 5.91 Å². The lowest BCUT2D eigenvalue weighted by Crippen LogP contribution is -2.24. The molecule has 7 nitrogen and oxygen atoms in total. The first-order valence-electron chi connectivity index (χ1n) is 11.2. The second-order valence-corrected chi connectivity index (χ2v) is 8.42. The molecule has 0 saturated carbocycles. The lowest BCUT2D eigenvalue weighted by Gasteiger charge is -2.14. The summed E-state index contributed by atoms with van der Waals surface area (Å²) in [7, 11) is 0. The number of benzene rings is 2. The number of aromatic nitrogens is 3. The van der Waals surface area contributed by atoms with E-state index in [4.69, 9.17) is 5.73 Å². The standard InChI is InChI=1S/C26H25N5O2/c1-2-4-16-7-10-19(11-8-16)29-26-28-14-21-23(32)22(24(27)33)15-31(25(21)30-26)20-12-9-17-5-3-6-18(17)13-20/h7-15H,2-6H2,1H3,(H2,27,33)(H,28,29,30). The fraction of sp³-hybridized carbons (Fsp3) is 0.231. The van der Waals surface area contributed by atoms with E-state index in [0.29, 0.717) is 11.6 Å². The van der Waals surface area contributed by atoms with Gasteiger partial charge in [0.2, 0.25) is 11.4 Å². The summed E-state index contributed by atoms with van der Waals surface area (Å²) in [5, 5.41) is 3.46. The van der Waals surface area contributed by atoms with E-state index in [1.807, 2.05) is 18.2 Å². The lowest BCUT2D eigenvalue weighted by molar-refractivity contribution is 0.0999. The van der Waals surface area contributed by atoms with E-state index in [1.54, 1.807) is 4.57 Å². The van der Waals surface area contributed by atoms with E-state index in [2.05, 4.69) is 46.5 Å². The second-order valence-electron chi connectivity index (χ2n) is 8.42. The van der Waals surface area contributed by atoms with Crippen molar-refractivity contribution in [1.82, 2.24) is 14.5 Å². The van der Waals surface area contributed by atoms with Gasteiger partial charge in [-0.05, 0) is 66.6 Å². The van der Waals surface area contributed by atoms with E-state index in [1.165, 1.54) is 29.1 Å². The van der Waals surface area contributed by atoms with Crippen molar-refractivity contribution in [3.05, 3.63) is 87.3 Å². The number of aryl methyl sites for hydroxylation is 3. The number of hydrogen-bond acceptors (Lipinski definition) is 5. The number of anilines is 2.